The van der Waals surface area contributed by atoms with Gasteiger partial charge in [0, 0.05) is 0 Å². The fourth-order valence-corrected chi connectivity index (χ4v) is 9.46. The first-order valence-corrected chi connectivity index (χ1v) is 13.3. The fraction of sp³-hybridized carbons (Fsp3) is 1.00. The molecule has 5 unspecified atom stereocenters. The highest BCUT2D eigenvalue weighted by Crippen LogP contribution is 2.68. The summed E-state index contributed by atoms with van der Waals surface area (Å²) in [6.07, 6.45) is 15.1. The maximum Gasteiger partial charge on any atom is 0.0577 e. The van der Waals surface area contributed by atoms with Crippen molar-refractivity contribution in [1.29, 1.82) is 0 Å². The van der Waals surface area contributed by atoms with E-state index in [1.807, 2.05) is 0 Å². The first-order chi connectivity index (χ1) is 13.7. The van der Waals surface area contributed by atoms with E-state index in [0.717, 1.165) is 47.8 Å². The predicted octanol–water partition coefficient (Wildman–Crippen LogP) is 7.71. The number of hydrogen-bond donors (Lipinski definition) is 1. The van der Waals surface area contributed by atoms with Gasteiger partial charge in [0.05, 0.1) is 6.10 Å². The van der Waals surface area contributed by atoms with Gasteiger partial charge in [0.25, 0.3) is 0 Å². The van der Waals surface area contributed by atoms with E-state index in [2.05, 4.69) is 41.5 Å². The summed E-state index contributed by atoms with van der Waals surface area (Å²) < 4.78 is 0. The minimum Gasteiger partial charge on any atom is -0.393 e. The first kappa shape index (κ1) is 22.2. The molecule has 4 rings (SSSR count). The molecule has 168 valence electrons. The highest BCUT2D eigenvalue weighted by Gasteiger charge is 2.62. The van der Waals surface area contributed by atoms with Gasteiger partial charge in [0.2, 0.25) is 0 Å². The Hall–Kier alpha value is -0.0400. The number of hydrogen-bond acceptors (Lipinski definition) is 1. The van der Waals surface area contributed by atoms with Crippen LogP contribution >= 0.6 is 0 Å². The van der Waals surface area contributed by atoms with Crippen LogP contribution in [0.5, 0.6) is 0 Å². The third-order valence-electron chi connectivity index (χ3n) is 11.1. The molecular formula is C28H50O. The molecule has 4 aliphatic carbocycles. The molecule has 10 atom stereocenters. The topological polar surface area (TPSA) is 20.2 Å². The van der Waals surface area contributed by atoms with Gasteiger partial charge < -0.3 is 5.11 Å². The first-order valence-electron chi connectivity index (χ1n) is 13.3. The van der Waals surface area contributed by atoms with Crippen LogP contribution in [0.2, 0.25) is 0 Å². The van der Waals surface area contributed by atoms with E-state index in [1.165, 1.54) is 64.2 Å². The van der Waals surface area contributed by atoms with Crippen LogP contribution in [0.3, 0.4) is 0 Å². The lowest BCUT2D eigenvalue weighted by Crippen LogP contribution is -2.58. The molecule has 0 aliphatic heterocycles. The van der Waals surface area contributed by atoms with Crippen molar-refractivity contribution >= 4 is 0 Å². The van der Waals surface area contributed by atoms with Gasteiger partial charge in [-0.15, -0.1) is 0 Å². The zero-order valence-corrected chi connectivity index (χ0v) is 20.4. The van der Waals surface area contributed by atoms with Crippen LogP contribution in [0.25, 0.3) is 0 Å². The SMILES string of the molecule is CC(C)CCCC(C)[C@H]1CCC2C3C(O)C[C@H]4C[C@@H](C)CC[C@]4(C)C3CC[C@@]21C. The largest absolute Gasteiger partial charge is 0.393 e. The molecule has 4 fully saturated rings. The smallest absolute Gasteiger partial charge is 0.0577 e. The lowest BCUT2D eigenvalue weighted by atomic mass is 9.43. The van der Waals surface area contributed by atoms with E-state index < -0.39 is 0 Å². The lowest BCUT2D eigenvalue weighted by Gasteiger charge is -2.62. The molecule has 0 aromatic rings. The second-order valence-corrected chi connectivity index (χ2v) is 13.2. The third-order valence-corrected chi connectivity index (χ3v) is 11.1. The van der Waals surface area contributed by atoms with Crippen LogP contribution in [-0.4, -0.2) is 11.2 Å². The summed E-state index contributed by atoms with van der Waals surface area (Å²) in [6, 6.07) is 0. The van der Waals surface area contributed by atoms with Gasteiger partial charge in [-0.1, -0.05) is 67.2 Å². The highest BCUT2D eigenvalue weighted by atomic mass is 16.3. The van der Waals surface area contributed by atoms with E-state index in [-0.39, 0.29) is 6.10 Å². The van der Waals surface area contributed by atoms with Gasteiger partial charge in [-0.2, -0.15) is 0 Å². The van der Waals surface area contributed by atoms with Crippen molar-refractivity contribution < 1.29 is 5.11 Å². The van der Waals surface area contributed by atoms with Gasteiger partial charge in [0.15, 0.2) is 0 Å². The highest BCUT2D eigenvalue weighted by molar-refractivity contribution is 5.11. The summed E-state index contributed by atoms with van der Waals surface area (Å²) in [5, 5.41) is 11.4. The van der Waals surface area contributed by atoms with E-state index in [0.29, 0.717) is 16.7 Å². The Bertz CT molecular complexity index is 569. The molecule has 0 aromatic carbocycles. The Morgan fingerprint density at radius 1 is 0.862 bits per heavy atom. The Kier molecular flexibility index (Phi) is 6.22. The maximum absolute atomic E-state index is 11.4. The van der Waals surface area contributed by atoms with Crippen molar-refractivity contribution in [2.45, 2.75) is 118 Å². The summed E-state index contributed by atoms with van der Waals surface area (Å²) in [4.78, 5) is 0. The van der Waals surface area contributed by atoms with Crippen molar-refractivity contribution in [2.75, 3.05) is 0 Å². The molecule has 1 N–H and O–H groups in total. The summed E-state index contributed by atoms with van der Waals surface area (Å²) in [5.74, 6) is 6.41. The minimum absolute atomic E-state index is 0.0250. The van der Waals surface area contributed by atoms with Crippen LogP contribution in [0.15, 0.2) is 0 Å². The second-order valence-electron chi connectivity index (χ2n) is 13.2. The summed E-state index contributed by atoms with van der Waals surface area (Å²) in [5.41, 5.74) is 1.00. The van der Waals surface area contributed by atoms with Crippen molar-refractivity contribution in [1.82, 2.24) is 0 Å². The molecule has 1 heteroatoms. The molecule has 0 radical (unpaired) electrons. The molecule has 0 bridgehead atoms. The average molecular weight is 403 g/mol. The van der Waals surface area contributed by atoms with Gasteiger partial charge in [-0.3, -0.25) is 0 Å². The van der Waals surface area contributed by atoms with Gasteiger partial charge in [-0.05, 0) is 103 Å². The number of rotatable bonds is 5. The van der Waals surface area contributed by atoms with Crippen molar-refractivity contribution in [3.05, 3.63) is 0 Å². The third kappa shape index (κ3) is 3.74. The normalized spacial score (nSPS) is 50.7. The summed E-state index contributed by atoms with van der Waals surface area (Å²) >= 11 is 0. The van der Waals surface area contributed by atoms with Crippen LogP contribution in [-0.2, 0) is 0 Å². The van der Waals surface area contributed by atoms with Crippen molar-refractivity contribution in [3.8, 4) is 0 Å². The molecule has 1 nitrogen and oxygen atoms in total. The number of fused-ring (bicyclic) bond motifs is 5. The monoisotopic (exact) mass is 402 g/mol. The molecule has 0 heterocycles. The molecule has 0 spiro atoms. The standard InChI is InChI=1S/C28H50O/c1-18(2)8-7-9-20(4)22-10-11-23-26-24(13-15-28(22,23)6)27(5)14-12-19(3)16-21(27)17-25(26)29/h18-26,29H,7-17H2,1-6H3/t19-,20?,21+,22+,23?,24?,25?,26?,27-,28+/m0/s1. The lowest BCUT2D eigenvalue weighted by molar-refractivity contribution is -0.168. The van der Waals surface area contributed by atoms with Crippen LogP contribution < -0.4 is 0 Å². The molecule has 0 aromatic heterocycles. The van der Waals surface area contributed by atoms with Gasteiger partial charge in [0.1, 0.15) is 0 Å². The fourth-order valence-electron chi connectivity index (χ4n) is 9.46. The average Bonchev–Trinajstić information content (AvgIpc) is 3.00. The second kappa shape index (κ2) is 8.14. The summed E-state index contributed by atoms with van der Waals surface area (Å²) in [7, 11) is 0. The van der Waals surface area contributed by atoms with Crippen LogP contribution in [0.4, 0.5) is 0 Å². The van der Waals surface area contributed by atoms with E-state index >= 15 is 0 Å². The Balaban J connectivity index is 1.50. The number of aliphatic hydroxyl groups excluding tert-OH is 1. The molecule has 0 saturated heterocycles. The summed E-state index contributed by atoms with van der Waals surface area (Å²) in [6.45, 7) is 15.0. The van der Waals surface area contributed by atoms with Gasteiger partial charge >= 0.3 is 0 Å². The Labute approximate surface area is 181 Å². The van der Waals surface area contributed by atoms with E-state index in [1.54, 1.807) is 0 Å². The molecule has 4 saturated carbocycles. The maximum atomic E-state index is 11.4. The quantitative estimate of drug-likeness (QED) is 0.499. The Morgan fingerprint density at radius 3 is 2.28 bits per heavy atom. The molecule has 29 heavy (non-hydrogen) atoms. The Morgan fingerprint density at radius 2 is 1.55 bits per heavy atom. The van der Waals surface area contributed by atoms with Crippen LogP contribution in [0, 0.1) is 58.2 Å². The molecule has 4 aliphatic rings. The minimum atomic E-state index is -0.0250. The molecular weight excluding hydrogens is 352 g/mol. The van der Waals surface area contributed by atoms with E-state index in [4.69, 9.17) is 0 Å². The zero-order valence-electron chi connectivity index (χ0n) is 20.4. The predicted molar refractivity (Wildman–Crippen MR) is 124 cm³/mol. The van der Waals surface area contributed by atoms with Crippen LogP contribution in [0.1, 0.15) is 112 Å². The zero-order chi connectivity index (χ0) is 21.0. The van der Waals surface area contributed by atoms with E-state index in [9.17, 15) is 5.11 Å². The molecule has 0 amide bonds. The van der Waals surface area contributed by atoms with Crippen molar-refractivity contribution in [3.63, 3.8) is 0 Å². The van der Waals surface area contributed by atoms with Gasteiger partial charge in [-0.25, -0.2) is 0 Å². The van der Waals surface area contributed by atoms with Crippen molar-refractivity contribution in [2.24, 2.45) is 58.2 Å². The number of aliphatic hydroxyl groups is 1.